The Balaban J connectivity index is 1.47. The van der Waals surface area contributed by atoms with E-state index in [2.05, 4.69) is 38.8 Å². The van der Waals surface area contributed by atoms with Crippen LogP contribution in [0.3, 0.4) is 0 Å². The summed E-state index contributed by atoms with van der Waals surface area (Å²) in [6.45, 7) is 5.09. The number of fused-ring (bicyclic) bond motifs is 1. The van der Waals surface area contributed by atoms with E-state index in [-0.39, 0.29) is 5.92 Å². The Bertz CT molecular complexity index is 555. The van der Waals surface area contributed by atoms with Crippen LogP contribution >= 0.6 is 0 Å². The van der Waals surface area contributed by atoms with Gasteiger partial charge in [-0.25, -0.2) is 4.79 Å². The second kappa shape index (κ2) is 7.99. The topological polar surface area (TPSA) is 53.0 Å². The van der Waals surface area contributed by atoms with E-state index in [1.807, 2.05) is 0 Å². The van der Waals surface area contributed by atoms with Crippen LogP contribution in [0.15, 0.2) is 24.3 Å². The van der Waals surface area contributed by atoms with Gasteiger partial charge in [0.15, 0.2) is 6.10 Å². The highest BCUT2D eigenvalue weighted by atomic mass is 16.5. The normalized spacial score (nSPS) is 20.5. The van der Waals surface area contributed by atoms with Gasteiger partial charge in [-0.15, -0.1) is 0 Å². The summed E-state index contributed by atoms with van der Waals surface area (Å²) in [7, 11) is 1.33. The van der Waals surface area contributed by atoms with Crippen molar-refractivity contribution in [3.8, 4) is 0 Å². The van der Waals surface area contributed by atoms with Crippen molar-refractivity contribution in [2.24, 2.45) is 5.92 Å². The molecule has 5 nitrogen and oxygen atoms in total. The number of carbonyl (C=O) groups excluding carboxylic acids is 1. The molecule has 0 saturated carbocycles. The number of hydrogen-bond donors (Lipinski definition) is 1. The lowest BCUT2D eigenvalue weighted by Crippen LogP contribution is -2.44. The van der Waals surface area contributed by atoms with E-state index in [0.717, 1.165) is 45.6 Å². The summed E-state index contributed by atoms with van der Waals surface area (Å²) in [5.41, 5.74) is 2.85. The number of aliphatic hydroxyl groups is 1. The Morgan fingerprint density at radius 2 is 2.00 bits per heavy atom. The third-order valence-corrected chi connectivity index (χ3v) is 5.41. The first-order valence-electron chi connectivity index (χ1n) is 9.00. The molecule has 0 unspecified atom stereocenters. The maximum absolute atomic E-state index is 11.4. The van der Waals surface area contributed by atoms with E-state index in [0.29, 0.717) is 0 Å². The molecule has 0 bridgehead atoms. The van der Waals surface area contributed by atoms with Crippen LogP contribution in [0.25, 0.3) is 0 Å². The van der Waals surface area contributed by atoms with Crippen molar-refractivity contribution in [1.29, 1.82) is 0 Å². The Morgan fingerprint density at radius 3 is 2.75 bits per heavy atom. The minimum Gasteiger partial charge on any atom is -0.467 e. The standard InChI is InChI=1S/C19H28N2O3/c1-24-19(23)18(22)16-8-11-20(12-9-16)13-14-21-10-4-6-15-5-2-3-7-17(15)21/h2-3,5,7,16,18,22H,4,6,8-14H2,1H3/t18-/m1/s1. The molecule has 132 valence electrons. The Morgan fingerprint density at radius 1 is 1.25 bits per heavy atom. The first kappa shape index (κ1) is 17.2. The fraction of sp³-hybridized carbons (Fsp3) is 0.632. The zero-order valence-corrected chi connectivity index (χ0v) is 14.5. The van der Waals surface area contributed by atoms with Crippen LogP contribution in [-0.2, 0) is 16.0 Å². The van der Waals surface area contributed by atoms with Crippen LogP contribution in [0.1, 0.15) is 24.8 Å². The number of carbonyl (C=O) groups is 1. The third-order valence-electron chi connectivity index (χ3n) is 5.41. The molecule has 1 aromatic rings. The largest absolute Gasteiger partial charge is 0.467 e. The molecule has 3 rings (SSSR count). The summed E-state index contributed by atoms with van der Waals surface area (Å²) in [5.74, 6) is -0.470. The number of likely N-dealkylation sites (tertiary alicyclic amines) is 1. The second-order valence-electron chi connectivity index (χ2n) is 6.87. The van der Waals surface area contributed by atoms with Crippen molar-refractivity contribution in [2.75, 3.05) is 44.7 Å². The summed E-state index contributed by atoms with van der Waals surface area (Å²) in [5, 5.41) is 9.97. The molecule has 1 atom stereocenters. The molecule has 24 heavy (non-hydrogen) atoms. The SMILES string of the molecule is COC(=O)[C@H](O)C1CCN(CCN2CCCc3ccccc32)CC1. The van der Waals surface area contributed by atoms with Gasteiger partial charge in [-0.2, -0.15) is 0 Å². The van der Waals surface area contributed by atoms with Crippen molar-refractivity contribution >= 4 is 11.7 Å². The number of nitrogens with zero attached hydrogens (tertiary/aromatic N) is 2. The number of aliphatic hydroxyl groups excluding tert-OH is 1. The molecule has 0 aliphatic carbocycles. The summed E-state index contributed by atoms with van der Waals surface area (Å²) in [6.07, 6.45) is 3.15. The summed E-state index contributed by atoms with van der Waals surface area (Å²) in [4.78, 5) is 16.4. The van der Waals surface area contributed by atoms with Gasteiger partial charge in [-0.1, -0.05) is 18.2 Å². The monoisotopic (exact) mass is 332 g/mol. The zero-order valence-electron chi connectivity index (χ0n) is 14.5. The molecular formula is C19H28N2O3. The first-order chi connectivity index (χ1) is 11.7. The van der Waals surface area contributed by atoms with Crippen LogP contribution in [0.2, 0.25) is 0 Å². The number of methoxy groups -OCH3 is 1. The quantitative estimate of drug-likeness (QED) is 0.832. The minimum atomic E-state index is -0.967. The average molecular weight is 332 g/mol. The number of piperidine rings is 1. The lowest BCUT2D eigenvalue weighted by molar-refractivity contribution is -0.154. The van der Waals surface area contributed by atoms with Crippen LogP contribution in [0.4, 0.5) is 5.69 Å². The number of hydrogen-bond acceptors (Lipinski definition) is 5. The van der Waals surface area contributed by atoms with Crippen molar-refractivity contribution in [2.45, 2.75) is 31.8 Å². The molecule has 2 heterocycles. The van der Waals surface area contributed by atoms with E-state index in [9.17, 15) is 9.90 Å². The summed E-state index contributed by atoms with van der Waals surface area (Å²) in [6, 6.07) is 8.71. The Labute approximate surface area is 144 Å². The van der Waals surface area contributed by atoms with Crippen molar-refractivity contribution in [3.63, 3.8) is 0 Å². The highest BCUT2D eigenvalue weighted by molar-refractivity contribution is 5.74. The minimum absolute atomic E-state index is 0.0319. The first-order valence-corrected chi connectivity index (χ1v) is 9.00. The van der Waals surface area contributed by atoms with Crippen LogP contribution < -0.4 is 4.90 Å². The second-order valence-corrected chi connectivity index (χ2v) is 6.87. The van der Waals surface area contributed by atoms with E-state index in [1.54, 1.807) is 0 Å². The Kier molecular flexibility index (Phi) is 5.74. The molecule has 1 saturated heterocycles. The number of esters is 1. The molecule has 2 aliphatic rings. The van der Waals surface area contributed by atoms with Gasteiger partial charge in [-0.05, 0) is 56.3 Å². The average Bonchev–Trinajstić information content (AvgIpc) is 2.65. The van der Waals surface area contributed by atoms with Crippen LogP contribution in [0.5, 0.6) is 0 Å². The molecule has 1 N–H and O–H groups in total. The van der Waals surface area contributed by atoms with Gasteiger partial charge in [0.2, 0.25) is 0 Å². The van der Waals surface area contributed by atoms with E-state index < -0.39 is 12.1 Å². The predicted octanol–water partition coefficient (Wildman–Crippen LogP) is 1.69. The van der Waals surface area contributed by atoms with Crippen LogP contribution in [-0.4, -0.2) is 61.9 Å². The molecule has 1 fully saturated rings. The lowest BCUT2D eigenvalue weighted by Gasteiger charge is -2.36. The highest BCUT2D eigenvalue weighted by Crippen LogP contribution is 2.27. The summed E-state index contributed by atoms with van der Waals surface area (Å²) >= 11 is 0. The number of rotatable bonds is 5. The van der Waals surface area contributed by atoms with Gasteiger partial charge in [0.05, 0.1) is 7.11 Å². The Hall–Kier alpha value is -1.59. The van der Waals surface area contributed by atoms with E-state index >= 15 is 0 Å². The van der Waals surface area contributed by atoms with Crippen molar-refractivity contribution < 1.29 is 14.6 Å². The van der Waals surface area contributed by atoms with Gasteiger partial charge in [0.25, 0.3) is 0 Å². The number of aryl methyl sites for hydroxylation is 1. The maximum atomic E-state index is 11.4. The number of para-hydroxylation sites is 1. The fourth-order valence-corrected chi connectivity index (χ4v) is 3.91. The smallest absolute Gasteiger partial charge is 0.334 e. The third kappa shape index (κ3) is 3.90. The molecule has 5 heteroatoms. The molecule has 2 aliphatic heterocycles. The maximum Gasteiger partial charge on any atom is 0.334 e. The van der Waals surface area contributed by atoms with Crippen molar-refractivity contribution in [1.82, 2.24) is 4.90 Å². The molecular weight excluding hydrogens is 304 g/mol. The molecule has 0 spiro atoms. The zero-order chi connectivity index (χ0) is 16.9. The predicted molar refractivity (Wildman–Crippen MR) is 94.2 cm³/mol. The van der Waals surface area contributed by atoms with E-state index in [1.165, 1.54) is 31.2 Å². The number of benzene rings is 1. The van der Waals surface area contributed by atoms with Crippen LogP contribution in [0, 0.1) is 5.92 Å². The van der Waals surface area contributed by atoms with Gasteiger partial charge < -0.3 is 19.6 Å². The fourth-order valence-electron chi connectivity index (χ4n) is 3.91. The summed E-state index contributed by atoms with van der Waals surface area (Å²) < 4.78 is 4.64. The highest BCUT2D eigenvalue weighted by Gasteiger charge is 2.30. The molecule has 0 aromatic heterocycles. The number of anilines is 1. The van der Waals surface area contributed by atoms with Gasteiger partial charge in [-0.3, -0.25) is 0 Å². The van der Waals surface area contributed by atoms with Gasteiger partial charge in [0, 0.05) is 25.3 Å². The lowest BCUT2D eigenvalue weighted by atomic mass is 9.91. The van der Waals surface area contributed by atoms with Gasteiger partial charge in [0.1, 0.15) is 0 Å². The number of ether oxygens (including phenoxy) is 1. The molecule has 0 radical (unpaired) electrons. The van der Waals surface area contributed by atoms with Gasteiger partial charge >= 0.3 is 5.97 Å². The van der Waals surface area contributed by atoms with Crippen molar-refractivity contribution in [3.05, 3.63) is 29.8 Å². The van der Waals surface area contributed by atoms with E-state index in [4.69, 9.17) is 0 Å². The molecule has 0 amide bonds. The molecule has 1 aromatic carbocycles.